The molecule has 0 atom stereocenters. The number of nitrogens with zero attached hydrogens (tertiary/aromatic N) is 3. The number of aromatic nitrogens is 2. The molecule has 1 aromatic rings. The van der Waals surface area contributed by atoms with Crippen molar-refractivity contribution in [1.29, 1.82) is 0 Å². The van der Waals surface area contributed by atoms with Gasteiger partial charge in [-0.15, -0.1) is 0 Å². The average Bonchev–Trinajstić information content (AvgIpc) is 2.41. The van der Waals surface area contributed by atoms with Crippen molar-refractivity contribution < 1.29 is 0 Å². The molecule has 0 saturated carbocycles. The monoisotopic (exact) mass is 265 g/mol. The number of nitrogens with one attached hydrogen (secondary N) is 1. The number of nitrogens with two attached hydrogens (primary N) is 1. The average molecular weight is 265 g/mol. The number of nitrogen functional groups attached to an aromatic ring is 1. The van der Waals surface area contributed by atoms with E-state index in [1.807, 2.05) is 13.8 Å². The standard InChI is InChI=1S/C14H27N5/c1-5-7-9-19(10-8-6-2)14-11(3)13(18-15)16-12(4)17-14/h5-10,15H2,1-4H3,(H,16,17,18). The first-order chi connectivity index (χ1) is 9.13. The highest BCUT2D eigenvalue weighted by Crippen LogP contribution is 2.23. The van der Waals surface area contributed by atoms with E-state index in [1.54, 1.807) is 0 Å². The third kappa shape index (κ3) is 4.35. The maximum Gasteiger partial charge on any atom is 0.148 e. The number of unbranched alkanes of at least 4 members (excludes halogenated alkanes) is 2. The maximum absolute atomic E-state index is 5.53. The van der Waals surface area contributed by atoms with Gasteiger partial charge in [-0.1, -0.05) is 26.7 Å². The molecule has 0 radical (unpaired) electrons. The third-order valence-corrected chi connectivity index (χ3v) is 3.23. The van der Waals surface area contributed by atoms with Gasteiger partial charge in [0.2, 0.25) is 0 Å². The molecule has 0 aromatic carbocycles. The molecule has 3 N–H and O–H groups in total. The molecule has 0 aliphatic carbocycles. The van der Waals surface area contributed by atoms with Crippen molar-refractivity contribution in [2.75, 3.05) is 23.4 Å². The number of hydrogen-bond donors (Lipinski definition) is 2. The lowest BCUT2D eigenvalue weighted by molar-refractivity contribution is 0.667. The zero-order valence-electron chi connectivity index (χ0n) is 12.7. The Morgan fingerprint density at radius 3 is 2.11 bits per heavy atom. The highest BCUT2D eigenvalue weighted by atomic mass is 15.3. The van der Waals surface area contributed by atoms with Gasteiger partial charge in [0.05, 0.1) is 0 Å². The van der Waals surface area contributed by atoms with Crippen molar-refractivity contribution in [3.8, 4) is 0 Å². The smallest absolute Gasteiger partial charge is 0.148 e. The molecule has 1 heterocycles. The van der Waals surface area contributed by atoms with Crippen LogP contribution in [-0.4, -0.2) is 23.1 Å². The molecular weight excluding hydrogens is 238 g/mol. The molecule has 0 amide bonds. The number of rotatable bonds is 8. The number of anilines is 2. The fourth-order valence-corrected chi connectivity index (χ4v) is 2.08. The summed E-state index contributed by atoms with van der Waals surface area (Å²) in [6.45, 7) is 10.4. The summed E-state index contributed by atoms with van der Waals surface area (Å²) in [6, 6.07) is 0. The molecule has 0 fully saturated rings. The Morgan fingerprint density at radius 1 is 1.05 bits per heavy atom. The molecule has 0 spiro atoms. The van der Waals surface area contributed by atoms with Crippen LogP contribution in [0.5, 0.6) is 0 Å². The quantitative estimate of drug-likeness (QED) is 0.559. The minimum atomic E-state index is 0.723. The van der Waals surface area contributed by atoms with E-state index in [1.165, 1.54) is 25.7 Å². The summed E-state index contributed by atoms with van der Waals surface area (Å²) in [4.78, 5) is 11.3. The van der Waals surface area contributed by atoms with Crippen molar-refractivity contribution >= 4 is 11.6 Å². The Morgan fingerprint density at radius 2 is 1.63 bits per heavy atom. The summed E-state index contributed by atoms with van der Waals surface area (Å²) >= 11 is 0. The van der Waals surface area contributed by atoms with Crippen LogP contribution >= 0.6 is 0 Å². The molecule has 5 nitrogen and oxygen atoms in total. The highest BCUT2D eigenvalue weighted by Gasteiger charge is 2.14. The topological polar surface area (TPSA) is 67.1 Å². The van der Waals surface area contributed by atoms with Crippen molar-refractivity contribution in [2.45, 2.75) is 53.4 Å². The predicted molar refractivity (Wildman–Crippen MR) is 81.3 cm³/mol. The lowest BCUT2D eigenvalue weighted by Crippen LogP contribution is -2.28. The fraction of sp³-hybridized carbons (Fsp3) is 0.714. The van der Waals surface area contributed by atoms with E-state index in [2.05, 4.69) is 34.1 Å². The van der Waals surface area contributed by atoms with Gasteiger partial charge < -0.3 is 10.3 Å². The lowest BCUT2D eigenvalue weighted by atomic mass is 10.2. The van der Waals surface area contributed by atoms with Crippen molar-refractivity contribution in [1.82, 2.24) is 9.97 Å². The van der Waals surface area contributed by atoms with Gasteiger partial charge in [-0.3, -0.25) is 0 Å². The Kier molecular flexibility index (Phi) is 6.56. The number of aryl methyl sites for hydroxylation is 1. The van der Waals surface area contributed by atoms with Gasteiger partial charge in [0.15, 0.2) is 0 Å². The lowest BCUT2D eigenvalue weighted by Gasteiger charge is -2.26. The molecule has 0 unspecified atom stereocenters. The van der Waals surface area contributed by atoms with Gasteiger partial charge in [-0.25, -0.2) is 15.8 Å². The van der Waals surface area contributed by atoms with Gasteiger partial charge in [0.1, 0.15) is 17.5 Å². The van der Waals surface area contributed by atoms with Crippen LogP contribution in [0.2, 0.25) is 0 Å². The van der Waals surface area contributed by atoms with E-state index < -0.39 is 0 Å². The second-order valence-corrected chi connectivity index (χ2v) is 4.91. The SMILES string of the molecule is CCCCN(CCCC)c1nc(C)nc(NN)c1C. The highest BCUT2D eigenvalue weighted by molar-refractivity contribution is 5.58. The first kappa shape index (κ1) is 15.7. The Labute approximate surface area is 116 Å². The number of hydrazine groups is 1. The largest absolute Gasteiger partial charge is 0.356 e. The zero-order chi connectivity index (χ0) is 14.3. The van der Waals surface area contributed by atoms with Crippen LogP contribution in [0, 0.1) is 13.8 Å². The zero-order valence-corrected chi connectivity index (χ0v) is 12.7. The second-order valence-electron chi connectivity index (χ2n) is 4.91. The minimum Gasteiger partial charge on any atom is -0.356 e. The van der Waals surface area contributed by atoms with E-state index in [-0.39, 0.29) is 0 Å². The van der Waals surface area contributed by atoms with E-state index in [0.29, 0.717) is 0 Å². The predicted octanol–water partition coefficient (Wildman–Crippen LogP) is 2.79. The van der Waals surface area contributed by atoms with Crippen LogP contribution in [0.25, 0.3) is 0 Å². The summed E-state index contributed by atoms with van der Waals surface area (Å²) in [5.74, 6) is 8.02. The molecule has 19 heavy (non-hydrogen) atoms. The summed E-state index contributed by atoms with van der Waals surface area (Å²) in [5.41, 5.74) is 3.69. The van der Waals surface area contributed by atoms with E-state index >= 15 is 0 Å². The number of hydrogen-bond acceptors (Lipinski definition) is 5. The van der Waals surface area contributed by atoms with Crippen molar-refractivity contribution in [3.63, 3.8) is 0 Å². The minimum absolute atomic E-state index is 0.723. The summed E-state index contributed by atoms with van der Waals surface area (Å²) in [5, 5.41) is 0. The molecule has 0 aliphatic rings. The summed E-state index contributed by atoms with van der Waals surface area (Å²) in [7, 11) is 0. The normalized spacial score (nSPS) is 10.6. The Balaban J connectivity index is 3.02. The molecule has 108 valence electrons. The van der Waals surface area contributed by atoms with E-state index in [4.69, 9.17) is 5.84 Å². The van der Waals surface area contributed by atoms with Crippen LogP contribution in [0.3, 0.4) is 0 Å². The van der Waals surface area contributed by atoms with Crippen LogP contribution in [-0.2, 0) is 0 Å². The molecule has 0 aliphatic heterocycles. The van der Waals surface area contributed by atoms with Crippen LogP contribution in [0.4, 0.5) is 11.6 Å². The molecule has 1 aromatic heterocycles. The summed E-state index contributed by atoms with van der Waals surface area (Å²) < 4.78 is 0. The van der Waals surface area contributed by atoms with Crippen molar-refractivity contribution in [3.05, 3.63) is 11.4 Å². The Hall–Kier alpha value is -1.36. The van der Waals surface area contributed by atoms with Gasteiger partial charge in [-0.2, -0.15) is 0 Å². The molecular formula is C14H27N5. The first-order valence-corrected chi connectivity index (χ1v) is 7.20. The molecule has 0 saturated heterocycles. The summed E-state index contributed by atoms with van der Waals surface area (Å²) in [6.07, 6.45) is 4.73. The molecule has 0 bridgehead atoms. The third-order valence-electron chi connectivity index (χ3n) is 3.23. The van der Waals surface area contributed by atoms with Gasteiger partial charge in [-0.05, 0) is 26.7 Å². The van der Waals surface area contributed by atoms with Gasteiger partial charge >= 0.3 is 0 Å². The first-order valence-electron chi connectivity index (χ1n) is 7.20. The van der Waals surface area contributed by atoms with Crippen LogP contribution < -0.4 is 16.2 Å². The Bertz CT molecular complexity index is 384. The van der Waals surface area contributed by atoms with Gasteiger partial charge in [0, 0.05) is 18.7 Å². The maximum atomic E-state index is 5.53. The molecule has 1 rings (SSSR count). The van der Waals surface area contributed by atoms with Crippen LogP contribution in [0.15, 0.2) is 0 Å². The fourth-order valence-electron chi connectivity index (χ4n) is 2.08. The van der Waals surface area contributed by atoms with E-state index in [9.17, 15) is 0 Å². The van der Waals surface area contributed by atoms with Crippen molar-refractivity contribution in [2.24, 2.45) is 5.84 Å². The van der Waals surface area contributed by atoms with Crippen LogP contribution in [0.1, 0.15) is 50.9 Å². The van der Waals surface area contributed by atoms with Gasteiger partial charge in [0.25, 0.3) is 0 Å². The second kappa shape index (κ2) is 7.94. The van der Waals surface area contributed by atoms with E-state index in [0.717, 1.165) is 36.1 Å². The molecule has 5 heteroatoms.